The topological polar surface area (TPSA) is 123 Å². The molecule has 0 amide bonds. The zero-order valence-corrected chi connectivity index (χ0v) is 20.8. The summed E-state index contributed by atoms with van der Waals surface area (Å²) >= 11 is 0. The van der Waals surface area contributed by atoms with Crippen LogP contribution in [0.25, 0.3) is 6.08 Å². The Morgan fingerprint density at radius 1 is 1.17 bits per heavy atom. The fourth-order valence-electron chi connectivity index (χ4n) is 4.19. The number of ether oxygens (including phenoxy) is 1. The molecule has 35 heavy (non-hydrogen) atoms. The first-order valence-corrected chi connectivity index (χ1v) is 12.3. The molecule has 0 fully saturated rings. The number of nitrogen functional groups attached to an aromatic ring is 1. The second-order valence-electron chi connectivity index (χ2n) is 8.92. The van der Waals surface area contributed by atoms with E-state index in [-0.39, 0.29) is 30.3 Å². The number of nitrogens with zero attached hydrogens (tertiary/aromatic N) is 1. The number of Topliss-reactive ketones (excluding diaryl/α,β-unsaturated/α-hetero) is 1. The van der Waals surface area contributed by atoms with Gasteiger partial charge in [-0.3, -0.25) is 9.59 Å². The molecule has 1 aromatic heterocycles. The third-order valence-corrected chi connectivity index (χ3v) is 6.04. The van der Waals surface area contributed by atoms with E-state index in [0.29, 0.717) is 35.9 Å². The zero-order valence-electron chi connectivity index (χ0n) is 20.8. The monoisotopic (exact) mass is 482 g/mol. The number of aliphatic hydroxyl groups excluding tert-OH is 1. The highest BCUT2D eigenvalue weighted by molar-refractivity contribution is 6.06. The van der Waals surface area contributed by atoms with Crippen LogP contribution in [0.3, 0.4) is 0 Å². The summed E-state index contributed by atoms with van der Waals surface area (Å²) in [6.45, 7) is 2.34. The quantitative estimate of drug-likeness (QED) is 0.230. The third kappa shape index (κ3) is 9.91. The molecule has 1 atom stereocenters. The summed E-state index contributed by atoms with van der Waals surface area (Å²) in [5.74, 6) is 0.934. The van der Waals surface area contributed by atoms with Gasteiger partial charge >= 0.3 is 0 Å². The van der Waals surface area contributed by atoms with Gasteiger partial charge in [-0.15, -0.1) is 0 Å². The molecule has 190 valence electrons. The van der Waals surface area contributed by atoms with Crippen LogP contribution >= 0.6 is 0 Å². The van der Waals surface area contributed by atoms with Crippen LogP contribution in [0.1, 0.15) is 75.0 Å². The Morgan fingerprint density at radius 2 is 1.94 bits per heavy atom. The van der Waals surface area contributed by atoms with Gasteiger partial charge in [-0.05, 0) is 72.6 Å². The molecular formula is C28H38N2O5. The molecule has 2 aromatic rings. The molecule has 1 heterocycles. The van der Waals surface area contributed by atoms with Crippen LogP contribution in [-0.4, -0.2) is 40.5 Å². The number of anilines is 1. The molecule has 0 aliphatic heterocycles. The predicted octanol–water partition coefficient (Wildman–Crippen LogP) is 4.87. The second-order valence-corrected chi connectivity index (χ2v) is 8.92. The molecule has 0 aliphatic carbocycles. The Morgan fingerprint density at radius 3 is 2.60 bits per heavy atom. The van der Waals surface area contributed by atoms with Gasteiger partial charge in [-0.2, -0.15) is 0 Å². The van der Waals surface area contributed by atoms with E-state index in [1.807, 2.05) is 6.07 Å². The smallest absolute Gasteiger partial charge is 0.163 e. The number of pyridine rings is 1. The maximum absolute atomic E-state index is 12.5. The first-order chi connectivity index (χ1) is 16.9. The molecule has 0 spiro atoms. The number of rotatable bonds is 16. The second kappa shape index (κ2) is 14.9. The van der Waals surface area contributed by atoms with Crippen molar-refractivity contribution in [2.45, 2.75) is 64.7 Å². The Kier molecular flexibility index (Phi) is 12.0. The van der Waals surface area contributed by atoms with Crippen molar-refractivity contribution in [3.8, 4) is 11.5 Å². The number of phenolic OH excluding ortho intramolecular Hbond substituents is 1. The van der Waals surface area contributed by atoms with Crippen LogP contribution < -0.4 is 10.5 Å². The SMILES string of the molecule is CCCC(CCCO)CCCC(=O)CC(=O)C=Cc1cc(OC)c(O)cc1Cc1ccc(N)nc1. The number of nitrogens with two attached hydrogens (primary N) is 1. The molecule has 0 radical (unpaired) electrons. The molecule has 0 saturated carbocycles. The van der Waals surface area contributed by atoms with Crippen molar-refractivity contribution >= 4 is 23.5 Å². The number of carbonyl (C=O) groups is 2. The number of hydrogen-bond donors (Lipinski definition) is 3. The summed E-state index contributed by atoms with van der Waals surface area (Å²) in [5, 5.41) is 19.3. The van der Waals surface area contributed by atoms with Crippen molar-refractivity contribution in [2.75, 3.05) is 19.5 Å². The van der Waals surface area contributed by atoms with Crippen LogP contribution in [0.4, 0.5) is 5.82 Å². The van der Waals surface area contributed by atoms with E-state index in [2.05, 4.69) is 11.9 Å². The minimum Gasteiger partial charge on any atom is -0.504 e. The number of benzene rings is 1. The Bertz CT molecular complexity index is 986. The molecule has 1 unspecified atom stereocenters. The lowest BCUT2D eigenvalue weighted by atomic mass is 9.91. The Labute approximate surface area is 208 Å². The molecular weight excluding hydrogens is 444 g/mol. The van der Waals surface area contributed by atoms with E-state index in [0.717, 1.165) is 49.7 Å². The fourth-order valence-corrected chi connectivity index (χ4v) is 4.19. The summed E-state index contributed by atoms with van der Waals surface area (Å²) in [7, 11) is 1.46. The molecule has 0 bridgehead atoms. The minimum atomic E-state index is -0.257. The summed E-state index contributed by atoms with van der Waals surface area (Å²) < 4.78 is 5.22. The lowest BCUT2D eigenvalue weighted by molar-refractivity contribution is -0.124. The van der Waals surface area contributed by atoms with Crippen molar-refractivity contribution < 1.29 is 24.5 Å². The maximum atomic E-state index is 12.5. The lowest BCUT2D eigenvalue weighted by Crippen LogP contribution is -2.07. The number of methoxy groups -OCH3 is 1. The highest BCUT2D eigenvalue weighted by Crippen LogP contribution is 2.31. The van der Waals surface area contributed by atoms with E-state index in [1.54, 1.807) is 30.5 Å². The Hall–Kier alpha value is -3.19. The summed E-state index contributed by atoms with van der Waals surface area (Å²) in [6.07, 6.45) is 11.1. The molecule has 4 N–H and O–H groups in total. The van der Waals surface area contributed by atoms with Gasteiger partial charge < -0.3 is 20.7 Å². The Balaban J connectivity index is 1.99. The summed E-state index contributed by atoms with van der Waals surface area (Å²) in [4.78, 5) is 28.9. The van der Waals surface area contributed by atoms with E-state index >= 15 is 0 Å². The van der Waals surface area contributed by atoms with Crippen molar-refractivity contribution in [1.82, 2.24) is 4.98 Å². The van der Waals surface area contributed by atoms with Crippen LogP contribution in [0, 0.1) is 5.92 Å². The first kappa shape index (κ1) is 28.1. The largest absolute Gasteiger partial charge is 0.504 e. The number of aromatic nitrogens is 1. The number of allylic oxidation sites excluding steroid dienone is 1. The molecule has 0 aliphatic rings. The number of ketones is 2. The predicted molar refractivity (Wildman–Crippen MR) is 138 cm³/mol. The van der Waals surface area contributed by atoms with Crippen LogP contribution in [0.15, 0.2) is 36.5 Å². The van der Waals surface area contributed by atoms with Gasteiger partial charge in [-0.1, -0.05) is 38.3 Å². The van der Waals surface area contributed by atoms with Gasteiger partial charge in [-0.25, -0.2) is 4.98 Å². The van der Waals surface area contributed by atoms with Crippen molar-refractivity contribution in [1.29, 1.82) is 0 Å². The van der Waals surface area contributed by atoms with Crippen LogP contribution in [-0.2, 0) is 16.0 Å². The van der Waals surface area contributed by atoms with E-state index in [4.69, 9.17) is 15.6 Å². The van der Waals surface area contributed by atoms with E-state index in [1.165, 1.54) is 13.2 Å². The molecule has 0 saturated heterocycles. The number of carbonyl (C=O) groups excluding carboxylic acids is 2. The maximum Gasteiger partial charge on any atom is 0.163 e. The number of phenols is 1. The van der Waals surface area contributed by atoms with Crippen molar-refractivity contribution in [2.24, 2.45) is 5.92 Å². The summed E-state index contributed by atoms with van der Waals surface area (Å²) in [6, 6.07) is 6.84. The molecule has 1 aromatic carbocycles. The molecule has 7 nitrogen and oxygen atoms in total. The van der Waals surface area contributed by atoms with Gasteiger partial charge in [0.1, 0.15) is 11.6 Å². The average Bonchev–Trinajstić information content (AvgIpc) is 2.83. The number of aromatic hydroxyl groups is 1. The van der Waals surface area contributed by atoms with Crippen molar-refractivity contribution in [3.05, 3.63) is 53.2 Å². The van der Waals surface area contributed by atoms with Gasteiger partial charge in [0.05, 0.1) is 13.5 Å². The van der Waals surface area contributed by atoms with Crippen LogP contribution in [0.2, 0.25) is 0 Å². The van der Waals surface area contributed by atoms with Gasteiger partial charge in [0, 0.05) is 19.2 Å². The molecule has 7 heteroatoms. The van der Waals surface area contributed by atoms with Gasteiger partial charge in [0.2, 0.25) is 0 Å². The standard InChI is InChI=1S/C28H38N2O5/c1-3-6-20(8-5-14-31)7-4-9-24(32)18-25(33)12-11-22-17-27(35-2)26(34)16-23(22)15-21-10-13-28(29)30-19-21/h10-13,16-17,19-20,31,34H,3-9,14-15,18H2,1-2H3,(H2,29,30). The highest BCUT2D eigenvalue weighted by atomic mass is 16.5. The minimum absolute atomic E-state index is 0.00456. The zero-order chi connectivity index (χ0) is 25.6. The number of hydrogen-bond acceptors (Lipinski definition) is 7. The van der Waals surface area contributed by atoms with Gasteiger partial charge in [0.25, 0.3) is 0 Å². The van der Waals surface area contributed by atoms with E-state index in [9.17, 15) is 14.7 Å². The van der Waals surface area contributed by atoms with Crippen LogP contribution in [0.5, 0.6) is 11.5 Å². The normalized spacial score (nSPS) is 12.1. The van der Waals surface area contributed by atoms with Crippen molar-refractivity contribution in [3.63, 3.8) is 0 Å². The summed E-state index contributed by atoms with van der Waals surface area (Å²) in [5.41, 5.74) is 8.06. The van der Waals surface area contributed by atoms with Gasteiger partial charge in [0.15, 0.2) is 17.3 Å². The lowest BCUT2D eigenvalue weighted by Gasteiger charge is -2.14. The first-order valence-electron chi connectivity index (χ1n) is 12.3. The van der Waals surface area contributed by atoms with E-state index < -0.39 is 0 Å². The third-order valence-electron chi connectivity index (χ3n) is 6.04. The fraction of sp³-hybridized carbons (Fsp3) is 0.464. The molecule has 2 rings (SSSR count). The number of aliphatic hydroxyl groups is 1. The average molecular weight is 483 g/mol. The highest BCUT2D eigenvalue weighted by Gasteiger charge is 2.13.